The smallest absolute Gasteiger partial charge is 0.282 e. The van der Waals surface area contributed by atoms with E-state index in [4.69, 9.17) is 5.11 Å². The average Bonchev–Trinajstić information content (AvgIpc) is 3.00. The van der Waals surface area contributed by atoms with E-state index in [0.717, 1.165) is 10.5 Å². The molecule has 0 bridgehead atoms. The summed E-state index contributed by atoms with van der Waals surface area (Å²) in [7, 11) is 0. The molecule has 1 fully saturated rings. The first-order valence-electron chi connectivity index (χ1n) is 10.0. The van der Waals surface area contributed by atoms with Crippen molar-refractivity contribution in [2.24, 2.45) is 0 Å². The maximum absolute atomic E-state index is 13.4. The number of imide groups is 1. The van der Waals surface area contributed by atoms with Gasteiger partial charge in [0.15, 0.2) is 0 Å². The molecule has 2 aliphatic rings. The Morgan fingerprint density at radius 1 is 0.900 bits per heavy atom. The van der Waals surface area contributed by atoms with E-state index in [1.165, 1.54) is 24.3 Å². The molecule has 0 aromatic heterocycles. The molecule has 30 heavy (non-hydrogen) atoms. The van der Waals surface area contributed by atoms with Crippen molar-refractivity contribution < 1.29 is 19.1 Å². The van der Waals surface area contributed by atoms with Crippen LogP contribution < -0.4 is 4.90 Å². The molecule has 2 aliphatic heterocycles. The Labute approximate surface area is 174 Å². The summed E-state index contributed by atoms with van der Waals surface area (Å²) in [6, 6.07) is 12.9. The number of hydrogen-bond acceptors (Lipinski definition) is 5. The van der Waals surface area contributed by atoms with Crippen LogP contribution in [0.25, 0.3) is 5.57 Å². The number of aryl methyl sites for hydroxylation is 1. The predicted octanol–water partition coefficient (Wildman–Crippen LogP) is 2.03. The molecule has 2 aromatic carbocycles. The van der Waals surface area contributed by atoms with Crippen LogP contribution in [0, 0.1) is 12.7 Å². The first-order chi connectivity index (χ1) is 14.5. The predicted molar refractivity (Wildman–Crippen MR) is 112 cm³/mol. The Kier molecular flexibility index (Phi) is 5.65. The quantitative estimate of drug-likeness (QED) is 0.766. The van der Waals surface area contributed by atoms with Gasteiger partial charge in [0, 0.05) is 32.7 Å². The summed E-state index contributed by atoms with van der Waals surface area (Å²) in [5.74, 6) is -1.22. The minimum Gasteiger partial charge on any atom is -0.395 e. The van der Waals surface area contributed by atoms with E-state index in [-0.39, 0.29) is 6.61 Å². The van der Waals surface area contributed by atoms with Gasteiger partial charge in [0.05, 0.1) is 17.9 Å². The summed E-state index contributed by atoms with van der Waals surface area (Å²) in [5, 5.41) is 9.17. The highest BCUT2D eigenvalue weighted by molar-refractivity contribution is 6.45. The van der Waals surface area contributed by atoms with Crippen molar-refractivity contribution in [3.8, 4) is 0 Å². The zero-order valence-electron chi connectivity index (χ0n) is 16.8. The lowest BCUT2D eigenvalue weighted by atomic mass is 10.0. The zero-order valence-corrected chi connectivity index (χ0v) is 16.8. The average molecular weight is 409 g/mol. The molecule has 7 heteroatoms. The van der Waals surface area contributed by atoms with E-state index in [1.54, 1.807) is 0 Å². The van der Waals surface area contributed by atoms with Gasteiger partial charge in [-0.2, -0.15) is 0 Å². The molecule has 2 heterocycles. The van der Waals surface area contributed by atoms with Gasteiger partial charge in [-0.3, -0.25) is 14.5 Å². The first kappa shape index (κ1) is 20.3. The molecule has 0 spiro atoms. The lowest BCUT2D eigenvalue weighted by Gasteiger charge is -2.36. The molecule has 156 valence electrons. The maximum Gasteiger partial charge on any atom is 0.282 e. The van der Waals surface area contributed by atoms with Crippen LogP contribution in [-0.2, 0) is 9.59 Å². The van der Waals surface area contributed by atoms with Crippen LogP contribution >= 0.6 is 0 Å². The molecule has 0 atom stereocenters. The largest absolute Gasteiger partial charge is 0.395 e. The number of piperazine rings is 1. The molecule has 6 nitrogen and oxygen atoms in total. The summed E-state index contributed by atoms with van der Waals surface area (Å²) < 4.78 is 13.4. The van der Waals surface area contributed by atoms with Gasteiger partial charge in [-0.25, -0.2) is 9.29 Å². The number of nitrogens with zero attached hydrogens (tertiary/aromatic N) is 3. The first-order valence-corrected chi connectivity index (χ1v) is 10.0. The number of benzene rings is 2. The Morgan fingerprint density at radius 3 is 2.13 bits per heavy atom. The Bertz CT molecular complexity index is 978. The summed E-state index contributed by atoms with van der Waals surface area (Å²) in [6.07, 6.45) is 0. The molecule has 2 aromatic rings. The number of anilines is 1. The van der Waals surface area contributed by atoms with Crippen molar-refractivity contribution in [1.82, 2.24) is 9.80 Å². The summed E-state index contributed by atoms with van der Waals surface area (Å²) in [5.41, 5.74) is 2.86. The number of amides is 2. The number of carbonyl (C=O) groups excluding carboxylic acids is 2. The van der Waals surface area contributed by atoms with Crippen molar-refractivity contribution in [3.63, 3.8) is 0 Å². The van der Waals surface area contributed by atoms with Crippen LogP contribution in [0.4, 0.5) is 10.1 Å². The minimum absolute atomic E-state index is 0.0904. The summed E-state index contributed by atoms with van der Waals surface area (Å²) in [4.78, 5) is 32.0. The number of halogens is 1. The normalized spacial score (nSPS) is 18.0. The molecule has 0 aliphatic carbocycles. The second kappa shape index (κ2) is 8.38. The van der Waals surface area contributed by atoms with Crippen molar-refractivity contribution in [2.45, 2.75) is 6.92 Å². The highest BCUT2D eigenvalue weighted by Crippen LogP contribution is 2.35. The Balaban J connectivity index is 1.73. The van der Waals surface area contributed by atoms with Gasteiger partial charge in [-0.05, 0) is 36.8 Å². The van der Waals surface area contributed by atoms with Gasteiger partial charge < -0.3 is 10.0 Å². The Morgan fingerprint density at radius 2 is 1.53 bits per heavy atom. The molecule has 4 rings (SSSR count). The topological polar surface area (TPSA) is 64.1 Å². The summed E-state index contributed by atoms with van der Waals surface area (Å²) in [6.45, 7) is 5.21. The van der Waals surface area contributed by atoms with E-state index in [2.05, 4.69) is 4.90 Å². The van der Waals surface area contributed by atoms with Gasteiger partial charge >= 0.3 is 0 Å². The number of aliphatic hydroxyl groups is 1. The fraction of sp³-hybridized carbons (Fsp3) is 0.304. The minimum atomic E-state index is -0.426. The molecule has 0 saturated carbocycles. The van der Waals surface area contributed by atoms with E-state index >= 15 is 0 Å². The maximum atomic E-state index is 13.4. The highest BCUT2D eigenvalue weighted by atomic mass is 19.1. The van der Waals surface area contributed by atoms with Crippen LogP contribution in [0.15, 0.2) is 54.2 Å². The van der Waals surface area contributed by atoms with Crippen LogP contribution in [0.1, 0.15) is 11.1 Å². The zero-order chi connectivity index (χ0) is 21.3. The summed E-state index contributed by atoms with van der Waals surface area (Å²) >= 11 is 0. The number of hydrogen-bond donors (Lipinski definition) is 1. The SMILES string of the molecule is Cc1ccc(C2=C(N3CCN(CCO)CC3)C(=O)N(c3ccc(F)cc3)C2=O)cc1. The van der Waals surface area contributed by atoms with Gasteiger partial charge in [0.1, 0.15) is 11.5 Å². The number of aliphatic hydroxyl groups excluding tert-OH is 1. The van der Waals surface area contributed by atoms with E-state index in [1.807, 2.05) is 36.1 Å². The molecule has 0 radical (unpaired) electrons. The molecular formula is C23H24FN3O3. The number of β-amino-alcohol motifs (C(OH)–C–C–N with tert-alkyl or cyclic N) is 1. The van der Waals surface area contributed by atoms with Gasteiger partial charge in [0.25, 0.3) is 11.8 Å². The molecule has 1 N–H and O–H groups in total. The van der Waals surface area contributed by atoms with Gasteiger partial charge in [-0.15, -0.1) is 0 Å². The Hall–Kier alpha value is -3.03. The van der Waals surface area contributed by atoms with E-state index in [9.17, 15) is 14.0 Å². The van der Waals surface area contributed by atoms with Gasteiger partial charge in [-0.1, -0.05) is 29.8 Å². The molecular weight excluding hydrogens is 385 g/mol. The third-order valence-corrected chi connectivity index (χ3v) is 5.59. The van der Waals surface area contributed by atoms with Crippen LogP contribution in [-0.4, -0.2) is 66.1 Å². The third-order valence-electron chi connectivity index (χ3n) is 5.59. The van der Waals surface area contributed by atoms with E-state index < -0.39 is 17.6 Å². The van der Waals surface area contributed by atoms with Gasteiger partial charge in [0.2, 0.25) is 0 Å². The van der Waals surface area contributed by atoms with E-state index in [0.29, 0.717) is 55.2 Å². The lowest BCUT2D eigenvalue weighted by molar-refractivity contribution is -0.120. The van der Waals surface area contributed by atoms with Crippen molar-refractivity contribution in [2.75, 3.05) is 44.2 Å². The second-order valence-electron chi connectivity index (χ2n) is 7.56. The van der Waals surface area contributed by atoms with Crippen molar-refractivity contribution in [3.05, 3.63) is 71.2 Å². The number of rotatable bonds is 5. The number of carbonyl (C=O) groups is 2. The fourth-order valence-electron chi connectivity index (χ4n) is 3.95. The molecule has 2 amide bonds. The second-order valence-corrected chi connectivity index (χ2v) is 7.56. The standard InChI is InChI=1S/C23H24FN3O3/c1-16-2-4-17(5-3-16)20-21(26-12-10-25(11-13-26)14-15-28)23(30)27(22(20)29)19-8-6-18(24)7-9-19/h2-9,28H,10-15H2,1H3. The fourth-order valence-corrected chi connectivity index (χ4v) is 3.95. The monoisotopic (exact) mass is 409 g/mol. The van der Waals surface area contributed by atoms with Crippen LogP contribution in [0.5, 0.6) is 0 Å². The van der Waals surface area contributed by atoms with Crippen LogP contribution in [0.3, 0.4) is 0 Å². The molecule has 1 saturated heterocycles. The van der Waals surface area contributed by atoms with Crippen molar-refractivity contribution >= 4 is 23.1 Å². The van der Waals surface area contributed by atoms with Crippen LogP contribution in [0.2, 0.25) is 0 Å². The molecule has 0 unspecified atom stereocenters. The third kappa shape index (κ3) is 3.74. The lowest BCUT2D eigenvalue weighted by Crippen LogP contribution is -2.48. The highest BCUT2D eigenvalue weighted by Gasteiger charge is 2.43. The van der Waals surface area contributed by atoms with Crippen molar-refractivity contribution in [1.29, 1.82) is 0 Å².